The summed E-state index contributed by atoms with van der Waals surface area (Å²) in [7, 11) is 0. The van der Waals surface area contributed by atoms with E-state index in [9.17, 15) is 14.7 Å². The maximum Gasteiger partial charge on any atom is 0.260 e. The summed E-state index contributed by atoms with van der Waals surface area (Å²) in [5.74, 6) is 0.443. The van der Waals surface area contributed by atoms with Gasteiger partial charge in [0.2, 0.25) is 6.41 Å². The Kier molecular flexibility index (Phi) is 4.22. The second kappa shape index (κ2) is 6.08. The van der Waals surface area contributed by atoms with E-state index in [2.05, 4.69) is 0 Å². The van der Waals surface area contributed by atoms with E-state index in [1.807, 2.05) is 0 Å². The molecule has 1 fully saturated rings. The summed E-state index contributed by atoms with van der Waals surface area (Å²) in [6, 6.07) is 6.32. The van der Waals surface area contributed by atoms with Crippen molar-refractivity contribution in [2.75, 3.05) is 32.8 Å². The van der Waals surface area contributed by atoms with Gasteiger partial charge in [0.25, 0.3) is 5.91 Å². The maximum atomic E-state index is 11.9. The van der Waals surface area contributed by atoms with Gasteiger partial charge in [-0.05, 0) is 12.1 Å². The third kappa shape index (κ3) is 3.61. The van der Waals surface area contributed by atoms with Gasteiger partial charge >= 0.3 is 0 Å². The van der Waals surface area contributed by atoms with Gasteiger partial charge in [0.05, 0.1) is 0 Å². The first-order valence-corrected chi connectivity index (χ1v) is 6.08. The molecule has 0 spiro atoms. The topological polar surface area (TPSA) is 70.1 Å². The quantitative estimate of drug-likeness (QED) is 0.781. The number of hydrogen-bond donors (Lipinski definition) is 1. The summed E-state index contributed by atoms with van der Waals surface area (Å²) in [5, 5.41) is 9.27. The molecular formula is C13H16N2O4. The molecule has 0 radical (unpaired) electrons. The van der Waals surface area contributed by atoms with Crippen LogP contribution in [0.1, 0.15) is 0 Å². The van der Waals surface area contributed by atoms with E-state index in [1.165, 1.54) is 12.1 Å². The molecule has 6 nitrogen and oxygen atoms in total. The Morgan fingerprint density at radius 2 is 2.05 bits per heavy atom. The molecule has 0 bridgehead atoms. The van der Waals surface area contributed by atoms with Crippen LogP contribution in [0.4, 0.5) is 0 Å². The first-order chi connectivity index (χ1) is 9.19. The number of rotatable bonds is 4. The number of benzene rings is 1. The minimum Gasteiger partial charge on any atom is -0.508 e. The van der Waals surface area contributed by atoms with Gasteiger partial charge in [-0.1, -0.05) is 6.07 Å². The van der Waals surface area contributed by atoms with Crippen molar-refractivity contribution in [3.05, 3.63) is 24.3 Å². The smallest absolute Gasteiger partial charge is 0.260 e. The molecule has 19 heavy (non-hydrogen) atoms. The lowest BCUT2D eigenvalue weighted by atomic mass is 10.3. The molecule has 1 aromatic carbocycles. The molecule has 1 heterocycles. The number of nitrogens with zero attached hydrogens (tertiary/aromatic N) is 2. The fraction of sp³-hybridized carbons (Fsp3) is 0.385. The number of aromatic hydroxyl groups is 1. The molecule has 102 valence electrons. The maximum absolute atomic E-state index is 11.9. The van der Waals surface area contributed by atoms with E-state index in [0.29, 0.717) is 31.9 Å². The zero-order valence-corrected chi connectivity index (χ0v) is 10.5. The van der Waals surface area contributed by atoms with Gasteiger partial charge < -0.3 is 19.6 Å². The Bertz CT molecular complexity index is 456. The number of phenols is 1. The minimum atomic E-state index is -0.117. The van der Waals surface area contributed by atoms with Crippen LogP contribution in [-0.4, -0.2) is 60.0 Å². The predicted molar refractivity (Wildman–Crippen MR) is 67.8 cm³/mol. The zero-order chi connectivity index (χ0) is 13.7. The third-order valence-corrected chi connectivity index (χ3v) is 3.00. The highest BCUT2D eigenvalue weighted by Crippen LogP contribution is 2.17. The van der Waals surface area contributed by atoms with Crippen molar-refractivity contribution in [3.63, 3.8) is 0 Å². The second-order valence-electron chi connectivity index (χ2n) is 4.31. The molecule has 1 N–H and O–H groups in total. The highest BCUT2D eigenvalue weighted by molar-refractivity contribution is 5.78. The van der Waals surface area contributed by atoms with Gasteiger partial charge in [-0.25, -0.2) is 0 Å². The zero-order valence-electron chi connectivity index (χ0n) is 10.5. The van der Waals surface area contributed by atoms with E-state index in [4.69, 9.17) is 4.74 Å². The lowest BCUT2D eigenvalue weighted by molar-refractivity contribution is -0.137. The monoisotopic (exact) mass is 264 g/mol. The normalized spacial score (nSPS) is 15.2. The van der Waals surface area contributed by atoms with Crippen molar-refractivity contribution in [1.82, 2.24) is 9.80 Å². The van der Waals surface area contributed by atoms with Crippen LogP contribution in [0.5, 0.6) is 11.5 Å². The van der Waals surface area contributed by atoms with Crippen LogP contribution >= 0.6 is 0 Å². The molecule has 0 saturated carbocycles. The van der Waals surface area contributed by atoms with Crippen molar-refractivity contribution < 1.29 is 19.4 Å². The molecule has 0 aromatic heterocycles. The standard InChI is InChI=1S/C13H16N2O4/c16-10-14-4-6-15(7-5-14)13(18)9-19-12-3-1-2-11(17)8-12/h1-3,8,10,17H,4-7,9H2. The third-order valence-electron chi connectivity index (χ3n) is 3.00. The number of carbonyl (C=O) groups excluding carboxylic acids is 2. The molecule has 1 aromatic rings. The van der Waals surface area contributed by atoms with Gasteiger partial charge in [-0.2, -0.15) is 0 Å². The Morgan fingerprint density at radius 3 is 2.68 bits per heavy atom. The Balaban J connectivity index is 1.80. The number of phenolic OH excluding ortho intramolecular Hbond substituents is 1. The van der Waals surface area contributed by atoms with E-state index in [1.54, 1.807) is 21.9 Å². The average molecular weight is 264 g/mol. The van der Waals surface area contributed by atoms with Crippen LogP contribution < -0.4 is 4.74 Å². The molecule has 1 aliphatic rings. The van der Waals surface area contributed by atoms with Crippen LogP contribution in [0.15, 0.2) is 24.3 Å². The summed E-state index contributed by atoms with van der Waals surface area (Å²) >= 11 is 0. The number of amides is 2. The van der Waals surface area contributed by atoms with Gasteiger partial charge in [-0.15, -0.1) is 0 Å². The molecule has 2 rings (SSSR count). The second-order valence-corrected chi connectivity index (χ2v) is 4.31. The van der Waals surface area contributed by atoms with Gasteiger partial charge in [0.15, 0.2) is 6.61 Å². The van der Waals surface area contributed by atoms with Crippen LogP contribution in [-0.2, 0) is 9.59 Å². The predicted octanol–water partition coefficient (Wildman–Crippen LogP) is 0.0716. The van der Waals surface area contributed by atoms with Gasteiger partial charge in [0.1, 0.15) is 11.5 Å². The SMILES string of the molecule is O=CN1CCN(C(=O)COc2cccc(O)c2)CC1. The fourth-order valence-corrected chi connectivity index (χ4v) is 1.89. The van der Waals surface area contributed by atoms with Crippen LogP contribution in [0.2, 0.25) is 0 Å². The Labute approximate surface area is 111 Å². The number of piperazine rings is 1. The number of carbonyl (C=O) groups is 2. The van der Waals surface area contributed by atoms with E-state index < -0.39 is 0 Å². The summed E-state index contributed by atoms with van der Waals surface area (Å²) in [6.07, 6.45) is 0.797. The first kappa shape index (κ1) is 13.2. The van der Waals surface area contributed by atoms with Crippen molar-refractivity contribution >= 4 is 12.3 Å². The Morgan fingerprint density at radius 1 is 1.32 bits per heavy atom. The molecule has 1 aliphatic heterocycles. The van der Waals surface area contributed by atoms with Crippen LogP contribution in [0.3, 0.4) is 0 Å². The highest BCUT2D eigenvalue weighted by Gasteiger charge is 2.20. The van der Waals surface area contributed by atoms with Crippen molar-refractivity contribution in [3.8, 4) is 11.5 Å². The van der Waals surface area contributed by atoms with E-state index in [0.717, 1.165) is 6.41 Å². The molecule has 0 unspecified atom stereocenters. The van der Waals surface area contributed by atoms with E-state index >= 15 is 0 Å². The van der Waals surface area contributed by atoms with Crippen molar-refractivity contribution in [2.24, 2.45) is 0 Å². The number of ether oxygens (including phenoxy) is 1. The molecule has 6 heteroatoms. The van der Waals surface area contributed by atoms with Crippen molar-refractivity contribution in [1.29, 1.82) is 0 Å². The Hall–Kier alpha value is -2.24. The molecular weight excluding hydrogens is 248 g/mol. The van der Waals surface area contributed by atoms with Gasteiger partial charge in [-0.3, -0.25) is 9.59 Å². The molecule has 0 aliphatic carbocycles. The largest absolute Gasteiger partial charge is 0.508 e. The fourth-order valence-electron chi connectivity index (χ4n) is 1.89. The first-order valence-electron chi connectivity index (χ1n) is 6.08. The molecule has 2 amide bonds. The lowest BCUT2D eigenvalue weighted by Crippen LogP contribution is -2.49. The molecule has 0 atom stereocenters. The lowest BCUT2D eigenvalue weighted by Gasteiger charge is -2.32. The summed E-state index contributed by atoms with van der Waals surface area (Å²) in [4.78, 5) is 25.7. The minimum absolute atomic E-state index is 0.0649. The van der Waals surface area contributed by atoms with Crippen molar-refractivity contribution in [2.45, 2.75) is 0 Å². The summed E-state index contributed by atoms with van der Waals surface area (Å²) < 4.78 is 5.32. The van der Waals surface area contributed by atoms with Gasteiger partial charge in [0, 0.05) is 32.2 Å². The van der Waals surface area contributed by atoms with Crippen LogP contribution in [0, 0.1) is 0 Å². The molecule has 1 saturated heterocycles. The van der Waals surface area contributed by atoms with E-state index in [-0.39, 0.29) is 18.3 Å². The number of hydrogen-bond acceptors (Lipinski definition) is 4. The average Bonchev–Trinajstić information content (AvgIpc) is 2.45. The summed E-state index contributed by atoms with van der Waals surface area (Å²) in [5.41, 5.74) is 0. The summed E-state index contributed by atoms with van der Waals surface area (Å²) in [6.45, 7) is 2.11. The highest BCUT2D eigenvalue weighted by atomic mass is 16.5. The van der Waals surface area contributed by atoms with Crippen LogP contribution in [0.25, 0.3) is 0 Å².